The van der Waals surface area contributed by atoms with Crippen molar-refractivity contribution < 1.29 is 4.79 Å². The van der Waals surface area contributed by atoms with Gasteiger partial charge in [-0.2, -0.15) is 0 Å². The summed E-state index contributed by atoms with van der Waals surface area (Å²) in [6, 6.07) is 8.74. The fourth-order valence-electron chi connectivity index (χ4n) is 1.80. The van der Waals surface area contributed by atoms with E-state index in [-0.39, 0.29) is 23.9 Å². The summed E-state index contributed by atoms with van der Waals surface area (Å²) in [5, 5.41) is 2.74. The first-order valence-corrected chi connectivity index (χ1v) is 7.37. The average molecular weight is 350 g/mol. The van der Waals surface area contributed by atoms with Crippen molar-refractivity contribution in [2.75, 3.05) is 5.32 Å². The van der Waals surface area contributed by atoms with E-state index < -0.39 is 0 Å². The summed E-state index contributed by atoms with van der Waals surface area (Å²) in [6.07, 6.45) is 1.41. The highest BCUT2D eigenvalue weighted by Crippen LogP contribution is 2.15. The first-order chi connectivity index (χ1) is 9.95. The lowest BCUT2D eigenvalue weighted by Crippen LogP contribution is -2.28. The molecular weight excluding hydrogens is 334 g/mol. The van der Waals surface area contributed by atoms with Gasteiger partial charge in [-0.25, -0.2) is 4.98 Å². The number of rotatable bonds is 4. The van der Waals surface area contributed by atoms with Crippen LogP contribution in [0.25, 0.3) is 0 Å². The van der Waals surface area contributed by atoms with Crippen LogP contribution in [-0.4, -0.2) is 15.5 Å². The van der Waals surface area contributed by atoms with E-state index in [4.69, 9.17) is 0 Å². The molecule has 0 unspecified atom stereocenters. The van der Waals surface area contributed by atoms with Gasteiger partial charge in [0.1, 0.15) is 6.54 Å². The number of halogens is 1. The van der Waals surface area contributed by atoms with Crippen LogP contribution < -0.4 is 10.9 Å². The van der Waals surface area contributed by atoms with Gasteiger partial charge in [-0.15, -0.1) is 0 Å². The molecule has 6 heteroatoms. The van der Waals surface area contributed by atoms with Crippen molar-refractivity contribution in [3.05, 3.63) is 57.2 Å². The predicted molar refractivity (Wildman–Crippen MR) is 85.4 cm³/mol. The molecule has 1 N–H and O–H groups in total. The van der Waals surface area contributed by atoms with Gasteiger partial charge in [0.25, 0.3) is 5.56 Å². The molecule has 0 saturated heterocycles. The lowest BCUT2D eigenvalue weighted by molar-refractivity contribution is -0.116. The molecule has 0 radical (unpaired) electrons. The van der Waals surface area contributed by atoms with E-state index in [1.165, 1.54) is 17.0 Å². The molecule has 0 atom stereocenters. The van der Waals surface area contributed by atoms with Crippen molar-refractivity contribution in [1.82, 2.24) is 9.55 Å². The van der Waals surface area contributed by atoms with Crippen molar-refractivity contribution in [2.45, 2.75) is 26.3 Å². The van der Waals surface area contributed by atoms with Gasteiger partial charge in [-0.05, 0) is 24.1 Å². The van der Waals surface area contributed by atoms with E-state index in [1.807, 2.05) is 26.0 Å². The normalized spacial score (nSPS) is 10.7. The summed E-state index contributed by atoms with van der Waals surface area (Å²) in [4.78, 5) is 28.1. The summed E-state index contributed by atoms with van der Waals surface area (Å²) in [6.45, 7) is 3.87. The maximum atomic E-state index is 12.0. The first-order valence-electron chi connectivity index (χ1n) is 6.57. The molecule has 0 aliphatic carbocycles. The van der Waals surface area contributed by atoms with E-state index in [1.54, 1.807) is 12.1 Å². The van der Waals surface area contributed by atoms with Crippen LogP contribution in [0.15, 0.2) is 45.9 Å². The van der Waals surface area contributed by atoms with Crippen LogP contribution >= 0.6 is 15.9 Å². The van der Waals surface area contributed by atoms with Gasteiger partial charge in [0.2, 0.25) is 5.91 Å². The molecule has 0 saturated carbocycles. The molecule has 21 heavy (non-hydrogen) atoms. The van der Waals surface area contributed by atoms with Crippen LogP contribution in [0.4, 0.5) is 5.69 Å². The zero-order valence-corrected chi connectivity index (χ0v) is 13.4. The summed E-state index contributed by atoms with van der Waals surface area (Å²) in [7, 11) is 0. The highest BCUT2D eigenvalue weighted by Gasteiger charge is 2.08. The van der Waals surface area contributed by atoms with Crippen molar-refractivity contribution in [3.63, 3.8) is 0 Å². The Hall–Kier alpha value is -1.95. The number of hydrogen-bond donors (Lipinski definition) is 1. The van der Waals surface area contributed by atoms with Gasteiger partial charge >= 0.3 is 0 Å². The summed E-state index contributed by atoms with van der Waals surface area (Å²) >= 11 is 3.34. The number of nitrogens with zero attached hydrogens (tertiary/aromatic N) is 2. The zero-order valence-electron chi connectivity index (χ0n) is 11.8. The monoisotopic (exact) mass is 349 g/mol. The predicted octanol–water partition coefficient (Wildman–Crippen LogP) is 2.77. The first kappa shape index (κ1) is 15.4. The number of amides is 1. The van der Waals surface area contributed by atoms with Crippen LogP contribution in [-0.2, 0) is 11.3 Å². The Morgan fingerprint density at radius 2 is 2.14 bits per heavy atom. The minimum absolute atomic E-state index is 0.0588. The van der Waals surface area contributed by atoms with Crippen LogP contribution in [0.1, 0.15) is 25.5 Å². The van der Waals surface area contributed by atoms with Crippen molar-refractivity contribution in [3.8, 4) is 0 Å². The third kappa shape index (κ3) is 4.26. The number of benzene rings is 1. The van der Waals surface area contributed by atoms with Crippen LogP contribution in [0.5, 0.6) is 0 Å². The largest absolute Gasteiger partial charge is 0.324 e. The summed E-state index contributed by atoms with van der Waals surface area (Å²) in [5.41, 5.74) is 1.18. The molecule has 0 fully saturated rings. The third-order valence-corrected chi connectivity index (χ3v) is 3.41. The lowest BCUT2D eigenvalue weighted by Gasteiger charge is -2.09. The SMILES string of the molecule is CC(C)c1cc(=O)n(CC(=O)Nc2cccc(Br)c2)cn1. The molecule has 1 heterocycles. The Morgan fingerprint density at radius 1 is 1.38 bits per heavy atom. The Bertz CT molecular complexity index is 710. The van der Waals surface area contributed by atoms with Gasteiger partial charge in [-0.1, -0.05) is 35.8 Å². The number of anilines is 1. The number of nitrogens with one attached hydrogen (secondary N) is 1. The summed E-state index contributed by atoms with van der Waals surface area (Å²) in [5.74, 6) is -0.0860. The van der Waals surface area contributed by atoms with E-state index in [2.05, 4.69) is 26.2 Å². The molecule has 0 aliphatic heterocycles. The third-order valence-electron chi connectivity index (χ3n) is 2.91. The highest BCUT2D eigenvalue weighted by molar-refractivity contribution is 9.10. The molecule has 2 aromatic rings. The minimum atomic E-state index is -0.269. The van der Waals surface area contributed by atoms with Crippen LogP contribution in [0.3, 0.4) is 0 Å². The fourth-order valence-corrected chi connectivity index (χ4v) is 2.20. The quantitative estimate of drug-likeness (QED) is 0.922. The fraction of sp³-hybridized carbons (Fsp3) is 0.267. The maximum Gasteiger partial charge on any atom is 0.254 e. The zero-order chi connectivity index (χ0) is 15.4. The van der Waals surface area contributed by atoms with Gasteiger partial charge < -0.3 is 5.32 Å². The molecule has 0 bridgehead atoms. The number of carbonyl (C=O) groups is 1. The Kier molecular flexibility index (Phi) is 4.90. The average Bonchev–Trinajstić information content (AvgIpc) is 2.40. The van der Waals surface area contributed by atoms with E-state index in [0.717, 1.165) is 10.2 Å². The summed E-state index contributed by atoms with van der Waals surface area (Å²) < 4.78 is 2.17. The van der Waals surface area contributed by atoms with Gasteiger partial charge in [0.15, 0.2) is 0 Å². The lowest BCUT2D eigenvalue weighted by atomic mass is 10.1. The number of aromatic nitrogens is 2. The smallest absolute Gasteiger partial charge is 0.254 e. The number of hydrogen-bond acceptors (Lipinski definition) is 3. The second kappa shape index (κ2) is 6.67. The van der Waals surface area contributed by atoms with Crippen molar-refractivity contribution in [1.29, 1.82) is 0 Å². The van der Waals surface area contributed by atoms with Crippen molar-refractivity contribution in [2.24, 2.45) is 0 Å². The molecule has 2 rings (SSSR count). The van der Waals surface area contributed by atoms with E-state index in [9.17, 15) is 9.59 Å². The molecule has 0 aliphatic rings. The van der Waals surface area contributed by atoms with Crippen LogP contribution in [0, 0.1) is 0 Å². The standard InChI is InChI=1S/C15H16BrN3O2/c1-10(2)13-7-15(21)19(9-17-13)8-14(20)18-12-5-3-4-11(16)6-12/h3-7,9-10H,8H2,1-2H3,(H,18,20). The molecule has 110 valence electrons. The molecule has 1 aromatic heterocycles. The Morgan fingerprint density at radius 3 is 2.76 bits per heavy atom. The van der Waals surface area contributed by atoms with Gasteiger partial charge in [0, 0.05) is 16.2 Å². The van der Waals surface area contributed by atoms with Gasteiger partial charge in [-0.3, -0.25) is 14.2 Å². The number of carbonyl (C=O) groups excluding carboxylic acids is 1. The van der Waals surface area contributed by atoms with E-state index in [0.29, 0.717) is 5.69 Å². The topological polar surface area (TPSA) is 64.0 Å². The molecule has 0 spiro atoms. The van der Waals surface area contributed by atoms with E-state index >= 15 is 0 Å². The Labute approximate surface area is 131 Å². The second-order valence-electron chi connectivity index (χ2n) is 4.99. The molecule has 1 amide bonds. The van der Waals surface area contributed by atoms with Crippen LogP contribution in [0.2, 0.25) is 0 Å². The molecule has 1 aromatic carbocycles. The Balaban J connectivity index is 2.08. The highest BCUT2D eigenvalue weighted by atomic mass is 79.9. The minimum Gasteiger partial charge on any atom is -0.324 e. The van der Waals surface area contributed by atoms with Gasteiger partial charge in [0.05, 0.1) is 12.0 Å². The molecular formula is C15H16BrN3O2. The molecule has 5 nitrogen and oxygen atoms in total. The van der Waals surface area contributed by atoms with Crippen molar-refractivity contribution >= 4 is 27.5 Å². The second-order valence-corrected chi connectivity index (χ2v) is 5.91. The maximum absolute atomic E-state index is 12.0.